The second kappa shape index (κ2) is 8.65. The van der Waals surface area contributed by atoms with Gasteiger partial charge in [-0.2, -0.15) is 0 Å². The first-order chi connectivity index (χ1) is 12.7. The van der Waals surface area contributed by atoms with Crippen molar-refractivity contribution < 1.29 is 14.3 Å². The topological polar surface area (TPSA) is 46.6 Å². The molecule has 0 N–H and O–H groups in total. The highest BCUT2D eigenvalue weighted by Crippen LogP contribution is 2.30. The maximum Gasteiger partial charge on any atom is 0.305 e. The number of hydrogen-bond donors (Lipinski definition) is 0. The summed E-state index contributed by atoms with van der Waals surface area (Å²) in [4.78, 5) is 26.4. The van der Waals surface area contributed by atoms with Crippen molar-refractivity contribution in [2.75, 3.05) is 18.1 Å². The number of benzene rings is 2. The lowest BCUT2D eigenvalue weighted by Crippen LogP contribution is -2.32. The second-order valence-corrected chi connectivity index (χ2v) is 6.54. The normalized spacial score (nSPS) is 13.0. The average molecular weight is 351 g/mol. The number of carbonyl (C=O) groups is 2. The highest BCUT2D eigenvalue weighted by atomic mass is 16.5. The lowest BCUT2D eigenvalue weighted by Gasteiger charge is -2.23. The fourth-order valence-electron chi connectivity index (χ4n) is 3.44. The van der Waals surface area contributed by atoms with Gasteiger partial charge in [0.15, 0.2) is 0 Å². The maximum atomic E-state index is 13.1. The Labute approximate surface area is 154 Å². The standard InChI is InChI=1S/C22H25NO3/c1-2-26-21(24)14-4-3-9-15-23-20-13-8-6-11-18(20)16-17-10-5-7-12-19(17)22(23)25/h5-8,10-13H,2-4,9,14-16H2,1H3. The van der Waals surface area contributed by atoms with Crippen LogP contribution in [0.2, 0.25) is 0 Å². The monoisotopic (exact) mass is 351 g/mol. The number of unbranched alkanes of at least 4 members (excludes halogenated alkanes) is 2. The number of amides is 1. The smallest absolute Gasteiger partial charge is 0.305 e. The van der Waals surface area contributed by atoms with Crippen molar-refractivity contribution in [3.05, 3.63) is 65.2 Å². The predicted octanol–water partition coefficient (Wildman–Crippen LogP) is 4.36. The molecular weight excluding hydrogens is 326 g/mol. The molecule has 0 saturated heterocycles. The molecule has 2 aromatic carbocycles. The first kappa shape index (κ1) is 18.2. The van der Waals surface area contributed by atoms with E-state index in [1.54, 1.807) is 0 Å². The van der Waals surface area contributed by atoms with Crippen molar-refractivity contribution in [3.63, 3.8) is 0 Å². The lowest BCUT2D eigenvalue weighted by molar-refractivity contribution is -0.143. The van der Waals surface area contributed by atoms with Crippen molar-refractivity contribution in [1.29, 1.82) is 0 Å². The summed E-state index contributed by atoms with van der Waals surface area (Å²) in [5.41, 5.74) is 4.04. The summed E-state index contributed by atoms with van der Waals surface area (Å²) in [5, 5.41) is 0. The third kappa shape index (κ3) is 4.13. The van der Waals surface area contributed by atoms with Crippen LogP contribution in [0.4, 0.5) is 5.69 Å². The Morgan fingerprint density at radius 3 is 2.54 bits per heavy atom. The fourth-order valence-corrected chi connectivity index (χ4v) is 3.44. The van der Waals surface area contributed by atoms with Gasteiger partial charge in [0.05, 0.1) is 6.61 Å². The van der Waals surface area contributed by atoms with Crippen LogP contribution in [0.3, 0.4) is 0 Å². The molecule has 26 heavy (non-hydrogen) atoms. The molecule has 0 aromatic heterocycles. The zero-order chi connectivity index (χ0) is 18.4. The SMILES string of the molecule is CCOC(=O)CCCCCN1C(=O)c2ccccc2Cc2ccccc21. The molecule has 4 heteroatoms. The molecule has 0 radical (unpaired) electrons. The van der Waals surface area contributed by atoms with Gasteiger partial charge in [-0.15, -0.1) is 0 Å². The molecular formula is C22H25NO3. The molecule has 1 aliphatic heterocycles. The first-order valence-corrected chi connectivity index (χ1v) is 9.34. The highest BCUT2D eigenvalue weighted by Gasteiger charge is 2.25. The Kier molecular flexibility index (Phi) is 6.05. The molecule has 0 spiro atoms. The minimum Gasteiger partial charge on any atom is -0.466 e. The number of hydrogen-bond acceptors (Lipinski definition) is 3. The van der Waals surface area contributed by atoms with Crippen molar-refractivity contribution in [1.82, 2.24) is 0 Å². The summed E-state index contributed by atoms with van der Waals surface area (Å²) >= 11 is 0. The largest absolute Gasteiger partial charge is 0.466 e. The molecule has 1 aliphatic rings. The van der Waals surface area contributed by atoms with Gasteiger partial charge < -0.3 is 9.64 Å². The van der Waals surface area contributed by atoms with Gasteiger partial charge in [0.1, 0.15) is 0 Å². The Hall–Kier alpha value is -2.62. The van der Waals surface area contributed by atoms with E-state index < -0.39 is 0 Å². The number of rotatable bonds is 7. The zero-order valence-corrected chi connectivity index (χ0v) is 15.2. The van der Waals surface area contributed by atoms with E-state index in [4.69, 9.17) is 4.74 Å². The van der Waals surface area contributed by atoms with Gasteiger partial charge in [0.2, 0.25) is 0 Å². The molecule has 0 aliphatic carbocycles. The van der Waals surface area contributed by atoms with Crippen LogP contribution in [0.5, 0.6) is 0 Å². The predicted molar refractivity (Wildman–Crippen MR) is 102 cm³/mol. The molecule has 0 bridgehead atoms. The van der Waals surface area contributed by atoms with Crippen molar-refractivity contribution in [2.45, 2.75) is 39.0 Å². The van der Waals surface area contributed by atoms with E-state index in [0.29, 0.717) is 19.6 Å². The van der Waals surface area contributed by atoms with E-state index in [0.717, 1.165) is 42.5 Å². The van der Waals surface area contributed by atoms with E-state index in [9.17, 15) is 9.59 Å². The molecule has 1 amide bonds. The number of ether oxygens (including phenoxy) is 1. The molecule has 0 saturated carbocycles. The highest BCUT2D eigenvalue weighted by molar-refractivity contribution is 6.08. The Morgan fingerprint density at radius 1 is 1.00 bits per heavy atom. The van der Waals surface area contributed by atoms with Gasteiger partial charge in [-0.05, 0) is 43.0 Å². The van der Waals surface area contributed by atoms with E-state index in [-0.39, 0.29) is 11.9 Å². The van der Waals surface area contributed by atoms with Gasteiger partial charge in [-0.1, -0.05) is 42.8 Å². The van der Waals surface area contributed by atoms with Crippen LogP contribution in [0.1, 0.15) is 54.1 Å². The Bertz CT molecular complexity index is 784. The van der Waals surface area contributed by atoms with Crippen LogP contribution < -0.4 is 4.90 Å². The molecule has 136 valence electrons. The first-order valence-electron chi connectivity index (χ1n) is 9.34. The van der Waals surface area contributed by atoms with Gasteiger partial charge in [0, 0.05) is 30.6 Å². The maximum absolute atomic E-state index is 13.1. The lowest BCUT2D eigenvalue weighted by atomic mass is 10.0. The average Bonchev–Trinajstić information content (AvgIpc) is 2.77. The van der Waals surface area contributed by atoms with E-state index in [2.05, 4.69) is 6.07 Å². The van der Waals surface area contributed by atoms with Crippen LogP contribution in [0, 0.1) is 0 Å². The molecule has 2 aromatic rings. The molecule has 3 rings (SSSR count). The van der Waals surface area contributed by atoms with Gasteiger partial charge in [-0.3, -0.25) is 9.59 Å². The minimum atomic E-state index is -0.141. The molecule has 0 unspecified atom stereocenters. The quantitative estimate of drug-likeness (QED) is 0.550. The van der Waals surface area contributed by atoms with Crippen molar-refractivity contribution >= 4 is 17.6 Å². The van der Waals surface area contributed by atoms with Crippen molar-refractivity contribution in [3.8, 4) is 0 Å². The summed E-state index contributed by atoms with van der Waals surface area (Å²) in [6, 6.07) is 16.0. The summed E-state index contributed by atoms with van der Waals surface area (Å²) in [5.74, 6) is -0.0754. The fraction of sp³-hybridized carbons (Fsp3) is 0.364. The van der Waals surface area contributed by atoms with Crippen LogP contribution in [0.25, 0.3) is 0 Å². The third-order valence-corrected chi connectivity index (χ3v) is 4.72. The number of nitrogens with zero attached hydrogens (tertiary/aromatic N) is 1. The van der Waals surface area contributed by atoms with Gasteiger partial charge >= 0.3 is 5.97 Å². The number of fused-ring (bicyclic) bond motifs is 2. The third-order valence-electron chi connectivity index (χ3n) is 4.72. The van der Waals surface area contributed by atoms with E-state index in [1.807, 2.05) is 54.3 Å². The summed E-state index contributed by atoms with van der Waals surface area (Å²) in [6.45, 7) is 2.91. The Morgan fingerprint density at radius 2 is 1.73 bits per heavy atom. The van der Waals surface area contributed by atoms with E-state index in [1.165, 1.54) is 5.56 Å². The van der Waals surface area contributed by atoms with Gasteiger partial charge in [0.25, 0.3) is 5.91 Å². The number of carbonyl (C=O) groups excluding carboxylic acids is 2. The molecule has 0 atom stereocenters. The second-order valence-electron chi connectivity index (χ2n) is 6.54. The van der Waals surface area contributed by atoms with Crippen LogP contribution in [0.15, 0.2) is 48.5 Å². The summed E-state index contributed by atoms with van der Waals surface area (Å²) < 4.78 is 4.95. The molecule has 4 nitrogen and oxygen atoms in total. The number of para-hydroxylation sites is 1. The number of esters is 1. The van der Waals surface area contributed by atoms with Crippen LogP contribution >= 0.6 is 0 Å². The zero-order valence-electron chi connectivity index (χ0n) is 15.2. The van der Waals surface area contributed by atoms with Crippen molar-refractivity contribution in [2.24, 2.45) is 0 Å². The van der Waals surface area contributed by atoms with Crippen LogP contribution in [-0.4, -0.2) is 25.0 Å². The molecule has 0 fully saturated rings. The minimum absolute atomic E-state index is 0.0657. The number of anilines is 1. The molecule has 1 heterocycles. The Balaban J connectivity index is 1.69. The van der Waals surface area contributed by atoms with Crippen LogP contribution in [-0.2, 0) is 16.0 Å². The summed E-state index contributed by atoms with van der Waals surface area (Å²) in [6.07, 6.45) is 3.77. The summed E-state index contributed by atoms with van der Waals surface area (Å²) in [7, 11) is 0. The van der Waals surface area contributed by atoms with Gasteiger partial charge in [-0.25, -0.2) is 0 Å². The van der Waals surface area contributed by atoms with E-state index >= 15 is 0 Å².